The molecule has 1 saturated heterocycles. The Bertz CT molecular complexity index is 573. The second-order valence-electron chi connectivity index (χ2n) is 7.59. The molecular formula is C19H30FNO3Si. The summed E-state index contributed by atoms with van der Waals surface area (Å²) < 4.78 is 20.9. The van der Waals surface area contributed by atoms with Crippen molar-refractivity contribution in [3.63, 3.8) is 0 Å². The fourth-order valence-corrected chi connectivity index (χ4v) is 6.64. The Hall–Kier alpha value is -1.24. The van der Waals surface area contributed by atoms with Gasteiger partial charge in [-0.2, -0.15) is 0 Å². The first-order valence-corrected chi connectivity index (χ1v) is 12.0. The van der Waals surface area contributed by atoms with Crippen LogP contribution < -0.4 is 5.32 Å². The highest BCUT2D eigenvalue weighted by atomic mass is 28.4. The lowest BCUT2D eigenvalue weighted by molar-refractivity contribution is -0.114. The molecule has 0 unspecified atom stereocenters. The van der Waals surface area contributed by atoms with Crippen LogP contribution in [-0.4, -0.2) is 38.2 Å². The predicted octanol–water partition coefficient (Wildman–Crippen LogP) is 3.91. The predicted molar refractivity (Wildman–Crippen MR) is 101 cm³/mol. The molecule has 2 rings (SSSR count). The van der Waals surface area contributed by atoms with Crippen molar-refractivity contribution in [1.82, 2.24) is 0 Å². The van der Waals surface area contributed by atoms with E-state index in [2.05, 4.69) is 12.2 Å². The van der Waals surface area contributed by atoms with Crippen LogP contribution in [0.1, 0.15) is 32.3 Å². The Morgan fingerprint density at radius 3 is 2.40 bits per heavy atom. The molecule has 2 N–H and O–H groups in total. The first-order valence-electron chi connectivity index (χ1n) is 9.04. The standard InChI is InChI=1S/C19H30FNO3Si/c1-13-17(24-18(11-12-22)19(13)25(3,4)20)10-7-15-5-8-16(9-6-15)21-14(2)23/h5-6,8-9,13,17-19,22H,7,10-12H2,1-4H3,(H,21,23)/t13-,17+,18-,19+/m0/s1. The van der Waals surface area contributed by atoms with Crippen LogP contribution in [0.3, 0.4) is 0 Å². The highest BCUT2D eigenvalue weighted by Crippen LogP contribution is 2.46. The maximum Gasteiger partial charge on any atom is 0.246 e. The summed E-state index contributed by atoms with van der Waals surface area (Å²) in [6.07, 6.45) is 2.06. The summed E-state index contributed by atoms with van der Waals surface area (Å²) in [6, 6.07) is 7.79. The smallest absolute Gasteiger partial charge is 0.246 e. The lowest BCUT2D eigenvalue weighted by atomic mass is 9.95. The molecule has 4 atom stereocenters. The first-order chi connectivity index (χ1) is 11.7. The number of anilines is 1. The molecule has 0 spiro atoms. The Balaban J connectivity index is 1.97. The van der Waals surface area contributed by atoms with Crippen LogP contribution in [0.25, 0.3) is 0 Å². The number of amides is 1. The van der Waals surface area contributed by atoms with Gasteiger partial charge in [-0.15, -0.1) is 0 Å². The third-order valence-corrected chi connectivity index (χ3v) is 7.58. The van der Waals surface area contributed by atoms with Gasteiger partial charge in [-0.05, 0) is 56.0 Å². The number of hydrogen-bond donors (Lipinski definition) is 2. The van der Waals surface area contributed by atoms with E-state index in [4.69, 9.17) is 4.74 Å². The molecule has 1 aromatic carbocycles. The summed E-state index contributed by atoms with van der Waals surface area (Å²) in [5.41, 5.74) is 1.89. The maximum absolute atomic E-state index is 14.7. The van der Waals surface area contributed by atoms with E-state index < -0.39 is 8.41 Å². The van der Waals surface area contributed by atoms with Gasteiger partial charge in [-0.25, -0.2) is 0 Å². The third kappa shape index (κ3) is 5.36. The maximum atomic E-state index is 14.7. The van der Waals surface area contributed by atoms with Crippen molar-refractivity contribution in [1.29, 1.82) is 0 Å². The molecule has 4 nitrogen and oxygen atoms in total. The molecule has 0 radical (unpaired) electrons. The SMILES string of the molecule is CC(=O)Nc1ccc(CC[C@H]2O[C@@H](CCO)[C@H]([Si](C)(C)F)[C@H]2C)cc1. The van der Waals surface area contributed by atoms with Gasteiger partial charge in [0.15, 0.2) is 0 Å². The van der Waals surface area contributed by atoms with E-state index >= 15 is 0 Å². The van der Waals surface area contributed by atoms with Crippen LogP contribution in [0, 0.1) is 5.92 Å². The summed E-state index contributed by atoms with van der Waals surface area (Å²) in [5, 5.41) is 12.0. The number of nitrogens with one attached hydrogen (secondary N) is 1. The zero-order valence-electron chi connectivity index (χ0n) is 15.6. The number of aliphatic hydroxyl groups is 1. The van der Waals surface area contributed by atoms with Crippen LogP contribution in [0.5, 0.6) is 0 Å². The number of aliphatic hydroxyl groups excluding tert-OH is 1. The molecule has 140 valence electrons. The summed E-state index contributed by atoms with van der Waals surface area (Å²) in [4.78, 5) is 11.1. The van der Waals surface area contributed by atoms with Gasteiger partial charge in [0.25, 0.3) is 0 Å². The second-order valence-corrected chi connectivity index (χ2v) is 11.4. The van der Waals surface area contributed by atoms with Gasteiger partial charge in [0.05, 0.1) is 12.2 Å². The van der Waals surface area contributed by atoms with Crippen LogP contribution in [0.15, 0.2) is 24.3 Å². The number of carbonyl (C=O) groups is 1. The van der Waals surface area contributed by atoms with Gasteiger partial charge >= 0.3 is 0 Å². The summed E-state index contributed by atoms with van der Waals surface area (Å²) >= 11 is 0. The Kier molecular flexibility index (Phi) is 6.77. The van der Waals surface area contributed by atoms with E-state index in [0.29, 0.717) is 6.42 Å². The van der Waals surface area contributed by atoms with E-state index in [9.17, 15) is 14.0 Å². The van der Waals surface area contributed by atoms with Gasteiger partial charge in [0.2, 0.25) is 14.3 Å². The Morgan fingerprint density at radius 1 is 1.24 bits per heavy atom. The number of ether oxygens (including phenoxy) is 1. The molecule has 25 heavy (non-hydrogen) atoms. The van der Waals surface area contributed by atoms with E-state index in [1.807, 2.05) is 24.3 Å². The molecule has 0 saturated carbocycles. The summed E-state index contributed by atoms with van der Waals surface area (Å²) in [6.45, 7) is 7.09. The lowest BCUT2D eigenvalue weighted by Gasteiger charge is -2.28. The molecule has 6 heteroatoms. The van der Waals surface area contributed by atoms with E-state index in [-0.39, 0.29) is 36.2 Å². The summed E-state index contributed by atoms with van der Waals surface area (Å²) in [7, 11) is -2.84. The molecule has 1 amide bonds. The average molecular weight is 368 g/mol. The van der Waals surface area contributed by atoms with E-state index in [1.54, 1.807) is 13.1 Å². The van der Waals surface area contributed by atoms with Crippen LogP contribution in [0.4, 0.5) is 9.80 Å². The van der Waals surface area contributed by atoms with Crippen molar-refractivity contribution < 1.29 is 18.7 Å². The van der Waals surface area contributed by atoms with Crippen molar-refractivity contribution in [2.75, 3.05) is 11.9 Å². The van der Waals surface area contributed by atoms with Gasteiger partial charge in [-0.1, -0.05) is 19.1 Å². The molecule has 1 aromatic rings. The number of hydrogen-bond acceptors (Lipinski definition) is 3. The minimum Gasteiger partial charge on any atom is -0.396 e. The quantitative estimate of drug-likeness (QED) is 0.567. The van der Waals surface area contributed by atoms with Gasteiger partial charge in [0.1, 0.15) is 0 Å². The van der Waals surface area contributed by atoms with E-state index in [0.717, 1.165) is 18.5 Å². The summed E-state index contributed by atoms with van der Waals surface area (Å²) in [5.74, 6) is 0.0850. The third-order valence-electron chi connectivity index (χ3n) is 5.10. The Labute approximate surface area is 151 Å². The number of carbonyl (C=O) groups excluding carboxylic acids is 1. The molecule has 0 aliphatic carbocycles. The zero-order chi connectivity index (χ0) is 18.6. The molecule has 1 fully saturated rings. The topological polar surface area (TPSA) is 58.6 Å². The van der Waals surface area contributed by atoms with Gasteiger partial charge in [0, 0.05) is 24.8 Å². The molecule has 1 aliphatic heterocycles. The highest BCUT2D eigenvalue weighted by molar-refractivity contribution is 6.72. The van der Waals surface area contributed by atoms with E-state index in [1.165, 1.54) is 12.5 Å². The van der Waals surface area contributed by atoms with Crippen molar-refractivity contribution in [3.05, 3.63) is 29.8 Å². The highest BCUT2D eigenvalue weighted by Gasteiger charge is 2.50. The fourth-order valence-electron chi connectivity index (χ4n) is 4.04. The van der Waals surface area contributed by atoms with Gasteiger partial charge in [-0.3, -0.25) is 4.79 Å². The molecule has 1 aliphatic rings. The molecule has 1 heterocycles. The van der Waals surface area contributed by atoms with Crippen molar-refractivity contribution in [2.24, 2.45) is 5.92 Å². The van der Waals surface area contributed by atoms with Crippen LogP contribution in [0.2, 0.25) is 18.6 Å². The molecule has 0 aromatic heterocycles. The Morgan fingerprint density at radius 2 is 1.88 bits per heavy atom. The fraction of sp³-hybridized carbons (Fsp3) is 0.632. The van der Waals surface area contributed by atoms with Crippen LogP contribution in [-0.2, 0) is 16.0 Å². The van der Waals surface area contributed by atoms with Crippen molar-refractivity contribution in [3.8, 4) is 0 Å². The molecular weight excluding hydrogens is 337 g/mol. The van der Waals surface area contributed by atoms with Crippen LogP contribution >= 0.6 is 0 Å². The lowest BCUT2D eigenvalue weighted by Crippen LogP contribution is -2.36. The number of rotatable bonds is 7. The number of benzene rings is 1. The van der Waals surface area contributed by atoms with Crippen molar-refractivity contribution >= 4 is 20.0 Å². The molecule has 0 bridgehead atoms. The number of halogens is 1. The monoisotopic (exact) mass is 367 g/mol. The largest absolute Gasteiger partial charge is 0.396 e. The number of aryl methyl sites for hydroxylation is 1. The normalized spacial score (nSPS) is 26.6. The average Bonchev–Trinajstić information content (AvgIpc) is 2.82. The first kappa shape index (κ1) is 20.1. The zero-order valence-corrected chi connectivity index (χ0v) is 16.6. The second kappa shape index (κ2) is 8.43. The van der Waals surface area contributed by atoms with Gasteiger partial charge < -0.3 is 19.3 Å². The minimum absolute atomic E-state index is 0.0269. The minimum atomic E-state index is -2.84. The van der Waals surface area contributed by atoms with Crippen molar-refractivity contribution in [2.45, 2.75) is 64.0 Å².